The van der Waals surface area contributed by atoms with E-state index in [4.69, 9.17) is 13.9 Å². The second-order valence-corrected chi connectivity index (χ2v) is 3.35. The fourth-order valence-corrected chi connectivity index (χ4v) is 1.31. The summed E-state index contributed by atoms with van der Waals surface area (Å²) in [5.74, 6) is 2.07. The molecule has 1 aromatic carbocycles. The van der Waals surface area contributed by atoms with E-state index >= 15 is 0 Å². The number of methoxy groups -OCH3 is 1. The maximum atomic E-state index is 5.51. The molecule has 0 saturated heterocycles. The van der Waals surface area contributed by atoms with Crippen LogP contribution in [0.5, 0.6) is 11.5 Å². The van der Waals surface area contributed by atoms with Gasteiger partial charge in [0.05, 0.1) is 12.8 Å². The van der Waals surface area contributed by atoms with E-state index in [1.165, 1.54) is 0 Å². The van der Waals surface area contributed by atoms with Crippen LogP contribution in [-0.2, 0) is 6.61 Å². The first-order chi connectivity index (χ1) is 7.78. The molecule has 4 nitrogen and oxygen atoms in total. The monoisotopic (exact) mass is 219 g/mol. The van der Waals surface area contributed by atoms with Crippen molar-refractivity contribution < 1.29 is 13.9 Å². The minimum atomic E-state index is 0.320. The van der Waals surface area contributed by atoms with Gasteiger partial charge in [-0.05, 0) is 19.1 Å². The van der Waals surface area contributed by atoms with Gasteiger partial charge in [0.2, 0.25) is 5.89 Å². The molecule has 0 N–H and O–H groups in total. The van der Waals surface area contributed by atoms with Gasteiger partial charge in [-0.15, -0.1) is 0 Å². The molecule has 1 aromatic heterocycles. The average molecular weight is 219 g/mol. The third kappa shape index (κ3) is 2.53. The first-order valence-electron chi connectivity index (χ1n) is 4.96. The molecule has 0 radical (unpaired) electrons. The van der Waals surface area contributed by atoms with Crippen molar-refractivity contribution in [2.24, 2.45) is 0 Å². The van der Waals surface area contributed by atoms with Crippen molar-refractivity contribution in [3.63, 3.8) is 0 Å². The Morgan fingerprint density at radius 1 is 1.31 bits per heavy atom. The highest BCUT2D eigenvalue weighted by Gasteiger charge is 2.02. The molecule has 4 heteroatoms. The lowest BCUT2D eigenvalue weighted by Crippen LogP contribution is -1.96. The molecule has 0 aliphatic heterocycles. The highest BCUT2D eigenvalue weighted by molar-refractivity contribution is 5.32. The van der Waals surface area contributed by atoms with Crippen molar-refractivity contribution in [3.05, 3.63) is 42.1 Å². The van der Waals surface area contributed by atoms with Gasteiger partial charge in [-0.3, -0.25) is 0 Å². The van der Waals surface area contributed by atoms with Gasteiger partial charge in [-0.2, -0.15) is 0 Å². The normalized spacial score (nSPS) is 10.1. The Hall–Kier alpha value is -1.97. The Labute approximate surface area is 93.8 Å². The Morgan fingerprint density at radius 2 is 2.12 bits per heavy atom. The van der Waals surface area contributed by atoms with Gasteiger partial charge in [0.15, 0.2) is 6.61 Å². The van der Waals surface area contributed by atoms with E-state index in [0.29, 0.717) is 12.5 Å². The summed E-state index contributed by atoms with van der Waals surface area (Å²) in [5.41, 5.74) is 0.851. The maximum absolute atomic E-state index is 5.51. The van der Waals surface area contributed by atoms with Gasteiger partial charge in [0, 0.05) is 6.07 Å². The zero-order valence-corrected chi connectivity index (χ0v) is 9.27. The van der Waals surface area contributed by atoms with Gasteiger partial charge in [0.25, 0.3) is 0 Å². The molecule has 0 aliphatic rings. The number of rotatable bonds is 4. The van der Waals surface area contributed by atoms with Crippen LogP contribution in [0.15, 0.2) is 34.9 Å². The Balaban J connectivity index is 1.99. The van der Waals surface area contributed by atoms with E-state index in [-0.39, 0.29) is 0 Å². The van der Waals surface area contributed by atoms with Crippen LogP contribution in [0.1, 0.15) is 11.6 Å². The van der Waals surface area contributed by atoms with Crippen LogP contribution >= 0.6 is 0 Å². The fraction of sp³-hybridized carbons (Fsp3) is 0.250. The van der Waals surface area contributed by atoms with Crippen molar-refractivity contribution in [2.45, 2.75) is 13.5 Å². The lowest BCUT2D eigenvalue weighted by Gasteiger charge is -2.05. The standard InChI is InChI=1S/C12H13NO3/c1-9-7-16-12(13-9)8-15-11-5-3-4-10(6-11)14-2/h3-7H,8H2,1-2H3. The van der Waals surface area contributed by atoms with Gasteiger partial charge >= 0.3 is 0 Å². The first-order valence-corrected chi connectivity index (χ1v) is 4.96. The summed E-state index contributed by atoms with van der Waals surface area (Å²) in [6.07, 6.45) is 1.60. The number of hydrogen-bond acceptors (Lipinski definition) is 4. The number of aryl methyl sites for hydroxylation is 1. The highest BCUT2D eigenvalue weighted by atomic mass is 16.5. The zero-order chi connectivity index (χ0) is 11.4. The molecule has 0 spiro atoms. The summed E-state index contributed by atoms with van der Waals surface area (Å²) in [4.78, 5) is 4.15. The Bertz CT molecular complexity index is 465. The third-order valence-corrected chi connectivity index (χ3v) is 2.07. The van der Waals surface area contributed by atoms with Crippen LogP contribution in [0.25, 0.3) is 0 Å². The maximum Gasteiger partial charge on any atom is 0.232 e. The molecule has 0 bridgehead atoms. The quantitative estimate of drug-likeness (QED) is 0.792. The second-order valence-electron chi connectivity index (χ2n) is 3.35. The van der Waals surface area contributed by atoms with Crippen molar-refractivity contribution in [2.75, 3.05) is 7.11 Å². The van der Waals surface area contributed by atoms with E-state index in [1.54, 1.807) is 13.4 Å². The smallest absolute Gasteiger partial charge is 0.232 e. The average Bonchev–Trinajstić information content (AvgIpc) is 2.73. The van der Waals surface area contributed by atoms with Crippen molar-refractivity contribution in [1.82, 2.24) is 4.98 Å². The molecule has 0 fully saturated rings. The zero-order valence-electron chi connectivity index (χ0n) is 9.27. The van der Waals surface area contributed by atoms with Gasteiger partial charge in [-0.25, -0.2) is 4.98 Å². The summed E-state index contributed by atoms with van der Waals surface area (Å²) in [5, 5.41) is 0. The van der Waals surface area contributed by atoms with Crippen molar-refractivity contribution in [1.29, 1.82) is 0 Å². The van der Waals surface area contributed by atoms with Crippen LogP contribution in [0.2, 0.25) is 0 Å². The van der Waals surface area contributed by atoms with Crippen LogP contribution in [-0.4, -0.2) is 12.1 Å². The number of oxazole rings is 1. The predicted octanol–water partition coefficient (Wildman–Crippen LogP) is 2.57. The van der Waals surface area contributed by atoms with E-state index in [1.807, 2.05) is 31.2 Å². The summed E-state index contributed by atoms with van der Waals surface area (Å²) in [6.45, 7) is 2.19. The van der Waals surface area contributed by atoms with Crippen LogP contribution in [0, 0.1) is 6.92 Å². The van der Waals surface area contributed by atoms with Gasteiger partial charge in [-0.1, -0.05) is 6.07 Å². The van der Waals surface area contributed by atoms with Gasteiger partial charge in [0.1, 0.15) is 17.8 Å². The SMILES string of the molecule is COc1cccc(OCc2nc(C)co2)c1. The Morgan fingerprint density at radius 3 is 2.81 bits per heavy atom. The summed E-state index contributed by atoms with van der Waals surface area (Å²) >= 11 is 0. The summed E-state index contributed by atoms with van der Waals surface area (Å²) < 4.78 is 15.8. The van der Waals surface area contributed by atoms with Gasteiger partial charge < -0.3 is 13.9 Å². The first kappa shape index (κ1) is 10.5. The molecule has 0 amide bonds. The molecular formula is C12H13NO3. The van der Waals surface area contributed by atoms with Crippen LogP contribution in [0.4, 0.5) is 0 Å². The van der Waals surface area contributed by atoms with E-state index in [0.717, 1.165) is 17.2 Å². The number of aromatic nitrogens is 1. The number of nitrogens with zero attached hydrogens (tertiary/aromatic N) is 1. The van der Waals surface area contributed by atoms with E-state index in [2.05, 4.69) is 4.98 Å². The minimum Gasteiger partial charge on any atom is -0.497 e. The third-order valence-electron chi connectivity index (χ3n) is 2.07. The molecule has 0 atom stereocenters. The van der Waals surface area contributed by atoms with Crippen molar-refractivity contribution in [3.8, 4) is 11.5 Å². The number of benzene rings is 1. The van der Waals surface area contributed by atoms with Crippen LogP contribution < -0.4 is 9.47 Å². The summed E-state index contributed by atoms with van der Waals surface area (Å²) in [6, 6.07) is 7.41. The minimum absolute atomic E-state index is 0.320. The second kappa shape index (κ2) is 4.70. The van der Waals surface area contributed by atoms with Crippen LogP contribution in [0.3, 0.4) is 0 Å². The molecule has 2 aromatic rings. The lowest BCUT2D eigenvalue weighted by atomic mass is 10.3. The number of hydrogen-bond donors (Lipinski definition) is 0. The Kier molecular flexibility index (Phi) is 3.10. The predicted molar refractivity (Wildman–Crippen MR) is 58.6 cm³/mol. The molecule has 0 unspecified atom stereocenters. The lowest BCUT2D eigenvalue weighted by molar-refractivity contribution is 0.261. The van der Waals surface area contributed by atoms with E-state index < -0.39 is 0 Å². The molecule has 84 valence electrons. The summed E-state index contributed by atoms with van der Waals surface area (Å²) in [7, 11) is 1.62. The van der Waals surface area contributed by atoms with Crippen molar-refractivity contribution >= 4 is 0 Å². The topological polar surface area (TPSA) is 44.5 Å². The highest BCUT2D eigenvalue weighted by Crippen LogP contribution is 2.19. The largest absolute Gasteiger partial charge is 0.497 e. The molecule has 16 heavy (non-hydrogen) atoms. The molecule has 0 aliphatic carbocycles. The molecular weight excluding hydrogens is 206 g/mol. The molecule has 2 rings (SSSR count). The van der Waals surface area contributed by atoms with E-state index in [9.17, 15) is 0 Å². The molecule has 1 heterocycles. The fourth-order valence-electron chi connectivity index (χ4n) is 1.31. The molecule has 0 saturated carbocycles. The number of ether oxygens (including phenoxy) is 2.